The van der Waals surface area contributed by atoms with Crippen molar-refractivity contribution in [1.29, 1.82) is 0 Å². The highest BCUT2D eigenvalue weighted by molar-refractivity contribution is 7.99. The first-order valence-electron chi connectivity index (χ1n) is 6.63. The molecule has 2 atom stereocenters. The van der Waals surface area contributed by atoms with Gasteiger partial charge in [0, 0.05) is 22.5 Å². The van der Waals surface area contributed by atoms with E-state index in [1.165, 1.54) is 0 Å². The Kier molecular flexibility index (Phi) is 5.37. The van der Waals surface area contributed by atoms with Gasteiger partial charge in [0.25, 0.3) is 5.76 Å². The summed E-state index contributed by atoms with van der Waals surface area (Å²) in [5.41, 5.74) is 0.653. The van der Waals surface area contributed by atoms with E-state index in [2.05, 4.69) is 17.6 Å². The lowest BCUT2D eigenvalue weighted by Gasteiger charge is -2.27. The Morgan fingerprint density at radius 1 is 1.40 bits per heavy atom. The van der Waals surface area contributed by atoms with Crippen molar-refractivity contribution in [2.45, 2.75) is 36.5 Å². The smallest absolute Gasteiger partial charge is 0.288 e. The summed E-state index contributed by atoms with van der Waals surface area (Å²) in [5, 5.41) is 6.15. The first-order valence-corrected chi connectivity index (χ1v) is 7.51. The van der Waals surface area contributed by atoms with Crippen LogP contribution in [0.5, 0.6) is 0 Å². The van der Waals surface area contributed by atoms with Gasteiger partial charge in [-0.25, -0.2) is 0 Å². The largest absolute Gasteiger partial charge is 0.326 e. The second-order valence-electron chi connectivity index (χ2n) is 4.97. The molecule has 2 N–H and O–H groups in total. The molecule has 2 rings (SSSR count). The van der Waals surface area contributed by atoms with E-state index in [-0.39, 0.29) is 11.8 Å². The number of nitrogens with one attached hydrogen (secondary N) is 2. The average Bonchev–Trinajstić information content (AvgIpc) is 2.40. The Balaban J connectivity index is 1.90. The lowest BCUT2D eigenvalue weighted by atomic mass is 9.92. The Morgan fingerprint density at radius 3 is 2.70 bits per heavy atom. The van der Waals surface area contributed by atoms with Crippen LogP contribution in [0.4, 0.5) is 14.5 Å². The predicted molar refractivity (Wildman–Crippen MR) is 77.1 cm³/mol. The van der Waals surface area contributed by atoms with Gasteiger partial charge in [-0.2, -0.15) is 8.78 Å². The van der Waals surface area contributed by atoms with E-state index in [1.54, 1.807) is 24.3 Å². The van der Waals surface area contributed by atoms with Crippen molar-refractivity contribution in [3.63, 3.8) is 0 Å². The van der Waals surface area contributed by atoms with Crippen LogP contribution in [0.3, 0.4) is 0 Å². The number of alkyl halides is 2. The number of halogens is 2. The van der Waals surface area contributed by atoms with Gasteiger partial charge in [0.2, 0.25) is 5.91 Å². The van der Waals surface area contributed by atoms with Crippen LogP contribution in [0.15, 0.2) is 29.2 Å². The van der Waals surface area contributed by atoms with Gasteiger partial charge in [-0.05, 0) is 50.6 Å². The van der Waals surface area contributed by atoms with Crippen LogP contribution in [-0.4, -0.2) is 24.3 Å². The van der Waals surface area contributed by atoms with Crippen molar-refractivity contribution < 1.29 is 13.6 Å². The highest BCUT2D eigenvalue weighted by Crippen LogP contribution is 2.26. The second-order valence-corrected chi connectivity index (χ2v) is 6.03. The van der Waals surface area contributed by atoms with E-state index in [0.29, 0.717) is 28.4 Å². The van der Waals surface area contributed by atoms with Crippen molar-refractivity contribution in [2.75, 3.05) is 11.9 Å². The third kappa shape index (κ3) is 4.45. The summed E-state index contributed by atoms with van der Waals surface area (Å²) in [4.78, 5) is 12.6. The summed E-state index contributed by atoms with van der Waals surface area (Å²) < 4.78 is 24.4. The molecule has 2 unspecified atom stereocenters. The molecule has 1 aromatic rings. The molecular formula is C14H18F2N2OS. The standard InChI is InChI=1S/C14H18F2N2OS/c1-9-8-10(6-7-17-9)13(19)18-11-2-4-12(5-3-11)20-14(15)16/h2-5,9-10,14,17H,6-8H2,1H3,(H,18,19). The van der Waals surface area contributed by atoms with Gasteiger partial charge in [-0.1, -0.05) is 11.8 Å². The van der Waals surface area contributed by atoms with Crippen molar-refractivity contribution in [3.8, 4) is 0 Å². The van der Waals surface area contributed by atoms with Crippen molar-refractivity contribution in [1.82, 2.24) is 5.32 Å². The van der Waals surface area contributed by atoms with E-state index in [9.17, 15) is 13.6 Å². The van der Waals surface area contributed by atoms with E-state index in [0.717, 1.165) is 19.4 Å². The molecule has 0 radical (unpaired) electrons. The molecular weight excluding hydrogens is 282 g/mol. The van der Waals surface area contributed by atoms with E-state index in [1.807, 2.05) is 0 Å². The Morgan fingerprint density at radius 2 is 2.10 bits per heavy atom. The number of hydrogen-bond donors (Lipinski definition) is 2. The fraction of sp³-hybridized carbons (Fsp3) is 0.500. The highest BCUT2D eigenvalue weighted by Gasteiger charge is 2.24. The first-order chi connectivity index (χ1) is 9.54. The van der Waals surface area contributed by atoms with Crippen LogP contribution in [0.2, 0.25) is 0 Å². The zero-order chi connectivity index (χ0) is 14.5. The molecule has 0 bridgehead atoms. The molecule has 1 aromatic carbocycles. The normalized spacial score (nSPS) is 22.8. The van der Waals surface area contributed by atoms with Gasteiger partial charge < -0.3 is 10.6 Å². The maximum Gasteiger partial charge on any atom is 0.288 e. The fourth-order valence-corrected chi connectivity index (χ4v) is 2.83. The van der Waals surface area contributed by atoms with Crippen LogP contribution >= 0.6 is 11.8 Å². The quantitative estimate of drug-likeness (QED) is 0.838. The molecule has 1 heterocycles. The molecule has 0 saturated carbocycles. The molecule has 1 aliphatic heterocycles. The van der Waals surface area contributed by atoms with E-state index >= 15 is 0 Å². The molecule has 0 aliphatic carbocycles. The van der Waals surface area contributed by atoms with Gasteiger partial charge >= 0.3 is 0 Å². The Hall–Kier alpha value is -1.14. The first kappa shape index (κ1) is 15.3. The summed E-state index contributed by atoms with van der Waals surface area (Å²) in [7, 11) is 0. The number of hydrogen-bond acceptors (Lipinski definition) is 3. The monoisotopic (exact) mass is 300 g/mol. The summed E-state index contributed by atoms with van der Waals surface area (Å²) in [6.07, 6.45) is 1.65. The number of amides is 1. The predicted octanol–water partition coefficient (Wildman–Crippen LogP) is 3.33. The summed E-state index contributed by atoms with van der Waals surface area (Å²) in [6, 6.07) is 6.86. The maximum atomic E-state index is 12.2. The topological polar surface area (TPSA) is 41.1 Å². The molecule has 1 amide bonds. The average molecular weight is 300 g/mol. The Bertz CT molecular complexity index is 453. The molecule has 6 heteroatoms. The van der Waals surface area contributed by atoms with Crippen molar-refractivity contribution in [2.24, 2.45) is 5.92 Å². The van der Waals surface area contributed by atoms with Gasteiger partial charge in [0.1, 0.15) is 0 Å². The molecule has 0 spiro atoms. The van der Waals surface area contributed by atoms with Crippen LogP contribution in [-0.2, 0) is 4.79 Å². The molecule has 110 valence electrons. The third-order valence-electron chi connectivity index (χ3n) is 3.34. The van der Waals surface area contributed by atoms with Crippen LogP contribution in [0, 0.1) is 5.92 Å². The summed E-state index contributed by atoms with van der Waals surface area (Å²) >= 11 is 0.500. The van der Waals surface area contributed by atoms with Gasteiger partial charge in [-0.15, -0.1) is 0 Å². The van der Waals surface area contributed by atoms with Gasteiger partial charge in [0.15, 0.2) is 0 Å². The highest BCUT2D eigenvalue weighted by atomic mass is 32.2. The van der Waals surface area contributed by atoms with Crippen LogP contribution in [0.1, 0.15) is 19.8 Å². The van der Waals surface area contributed by atoms with E-state index in [4.69, 9.17) is 0 Å². The van der Waals surface area contributed by atoms with E-state index < -0.39 is 5.76 Å². The second kappa shape index (κ2) is 7.04. The maximum absolute atomic E-state index is 12.2. The van der Waals surface area contributed by atoms with Crippen LogP contribution < -0.4 is 10.6 Å². The number of carbonyl (C=O) groups is 1. The third-order valence-corrected chi connectivity index (χ3v) is 4.06. The van der Waals surface area contributed by atoms with Gasteiger partial charge in [-0.3, -0.25) is 4.79 Å². The SMILES string of the molecule is CC1CC(C(=O)Nc2ccc(SC(F)F)cc2)CCN1. The van der Waals surface area contributed by atoms with Crippen LogP contribution in [0.25, 0.3) is 0 Å². The minimum absolute atomic E-state index is 0.00705. The number of benzene rings is 1. The minimum Gasteiger partial charge on any atom is -0.326 e. The number of thioether (sulfide) groups is 1. The Labute approximate surface area is 121 Å². The molecule has 20 heavy (non-hydrogen) atoms. The number of rotatable bonds is 4. The fourth-order valence-electron chi connectivity index (χ4n) is 2.33. The molecule has 0 aromatic heterocycles. The number of carbonyl (C=O) groups excluding carboxylic acids is 1. The summed E-state index contributed by atoms with van der Waals surface area (Å²) in [5.74, 6) is -2.40. The number of anilines is 1. The van der Waals surface area contributed by atoms with Crippen molar-refractivity contribution >= 4 is 23.4 Å². The molecule has 1 fully saturated rings. The van der Waals surface area contributed by atoms with Gasteiger partial charge in [0.05, 0.1) is 0 Å². The minimum atomic E-state index is -2.42. The lowest BCUT2D eigenvalue weighted by molar-refractivity contribution is -0.120. The van der Waals surface area contributed by atoms with Crippen molar-refractivity contribution in [3.05, 3.63) is 24.3 Å². The molecule has 1 aliphatic rings. The zero-order valence-corrected chi connectivity index (χ0v) is 12.1. The molecule has 1 saturated heterocycles. The number of piperidine rings is 1. The zero-order valence-electron chi connectivity index (χ0n) is 11.2. The summed E-state index contributed by atoms with van der Waals surface area (Å²) in [6.45, 7) is 2.92. The molecule has 3 nitrogen and oxygen atoms in total. The lowest BCUT2D eigenvalue weighted by Crippen LogP contribution is -2.40.